The van der Waals surface area contributed by atoms with Crippen LogP contribution in [0.25, 0.3) is 11.1 Å². The number of rotatable bonds is 2. The summed E-state index contributed by atoms with van der Waals surface area (Å²) in [5, 5.41) is 0. The third kappa shape index (κ3) is 3.26. The van der Waals surface area contributed by atoms with Crippen LogP contribution >= 0.6 is 11.6 Å². The van der Waals surface area contributed by atoms with Crippen LogP contribution in [-0.2, 0) is 12.1 Å². The molecule has 0 saturated carbocycles. The molecule has 100 valence electrons. The van der Waals surface area contributed by atoms with Crippen molar-refractivity contribution in [1.29, 1.82) is 0 Å². The summed E-state index contributed by atoms with van der Waals surface area (Å²) in [7, 11) is 0. The highest BCUT2D eigenvalue weighted by Gasteiger charge is 2.29. The van der Waals surface area contributed by atoms with Crippen LogP contribution < -0.4 is 0 Å². The first-order valence-electron chi connectivity index (χ1n) is 5.43. The number of alkyl halides is 4. The molecule has 0 atom stereocenters. The molecule has 0 unspecified atom stereocenters. The van der Waals surface area contributed by atoms with Gasteiger partial charge in [0.25, 0.3) is 0 Å². The molecule has 0 bridgehead atoms. The average Bonchev–Trinajstić information content (AvgIpc) is 2.37. The van der Waals surface area contributed by atoms with Gasteiger partial charge in [-0.15, -0.1) is 11.6 Å². The molecule has 19 heavy (non-hydrogen) atoms. The highest BCUT2D eigenvalue weighted by molar-refractivity contribution is 6.17. The predicted molar refractivity (Wildman–Crippen MR) is 66.4 cm³/mol. The van der Waals surface area contributed by atoms with E-state index in [4.69, 9.17) is 11.6 Å². The molecule has 2 aromatic rings. The van der Waals surface area contributed by atoms with E-state index in [1.54, 1.807) is 6.07 Å². The molecule has 0 radical (unpaired) electrons. The van der Waals surface area contributed by atoms with E-state index in [1.807, 2.05) is 0 Å². The van der Waals surface area contributed by atoms with Gasteiger partial charge in [0.05, 0.1) is 5.56 Å². The highest BCUT2D eigenvalue weighted by atomic mass is 35.5. The van der Waals surface area contributed by atoms with Crippen molar-refractivity contribution in [3.63, 3.8) is 0 Å². The molecule has 0 aromatic heterocycles. The van der Waals surface area contributed by atoms with Crippen molar-refractivity contribution in [3.8, 4) is 11.1 Å². The third-order valence-corrected chi connectivity index (χ3v) is 2.97. The lowest BCUT2D eigenvalue weighted by Crippen LogP contribution is -2.04. The van der Waals surface area contributed by atoms with Gasteiger partial charge < -0.3 is 0 Å². The normalized spacial score (nSPS) is 11.6. The molecule has 0 aliphatic carbocycles. The van der Waals surface area contributed by atoms with Crippen molar-refractivity contribution in [1.82, 2.24) is 0 Å². The molecule has 0 spiro atoms. The third-order valence-electron chi connectivity index (χ3n) is 2.66. The fourth-order valence-corrected chi connectivity index (χ4v) is 1.90. The molecule has 0 N–H and O–H groups in total. The molecule has 0 aliphatic rings. The van der Waals surface area contributed by atoms with Crippen molar-refractivity contribution in [2.45, 2.75) is 12.1 Å². The van der Waals surface area contributed by atoms with Gasteiger partial charge in [0.2, 0.25) is 0 Å². The van der Waals surface area contributed by atoms with Crippen LogP contribution in [0, 0.1) is 5.82 Å². The lowest BCUT2D eigenvalue weighted by molar-refractivity contribution is -0.137. The Morgan fingerprint density at radius 1 is 0.895 bits per heavy atom. The van der Waals surface area contributed by atoms with Gasteiger partial charge in [-0.05, 0) is 47.0 Å². The van der Waals surface area contributed by atoms with Crippen LogP contribution in [0.4, 0.5) is 17.6 Å². The van der Waals surface area contributed by atoms with E-state index in [0.29, 0.717) is 16.7 Å². The minimum atomic E-state index is -4.37. The topological polar surface area (TPSA) is 0 Å². The van der Waals surface area contributed by atoms with Crippen molar-refractivity contribution >= 4 is 11.6 Å². The van der Waals surface area contributed by atoms with E-state index >= 15 is 0 Å². The Labute approximate surface area is 112 Å². The van der Waals surface area contributed by atoms with Gasteiger partial charge in [0.15, 0.2) is 0 Å². The zero-order valence-corrected chi connectivity index (χ0v) is 10.4. The lowest BCUT2D eigenvalue weighted by atomic mass is 10.0. The Morgan fingerprint density at radius 2 is 1.53 bits per heavy atom. The van der Waals surface area contributed by atoms with E-state index in [1.165, 1.54) is 24.3 Å². The maximum absolute atomic E-state index is 13.3. The molecule has 0 nitrogen and oxygen atoms in total. The van der Waals surface area contributed by atoms with E-state index < -0.39 is 17.6 Å². The second kappa shape index (κ2) is 5.21. The first-order chi connectivity index (χ1) is 8.90. The monoisotopic (exact) mass is 288 g/mol. The molecule has 5 heteroatoms. The Bertz CT molecular complexity index is 573. The van der Waals surface area contributed by atoms with E-state index in [9.17, 15) is 17.6 Å². The molecule has 0 fully saturated rings. The molecule has 0 amide bonds. The fraction of sp³-hybridized carbons (Fsp3) is 0.143. The quantitative estimate of drug-likeness (QED) is 0.523. The number of benzene rings is 2. The summed E-state index contributed by atoms with van der Waals surface area (Å²) in [6.07, 6.45) is -4.37. The maximum atomic E-state index is 13.3. The maximum Gasteiger partial charge on any atom is 0.416 e. The number of hydrogen-bond donors (Lipinski definition) is 0. The zero-order valence-electron chi connectivity index (χ0n) is 9.64. The van der Waals surface area contributed by atoms with Gasteiger partial charge in [-0.3, -0.25) is 0 Å². The van der Waals surface area contributed by atoms with Crippen LogP contribution in [0.3, 0.4) is 0 Å². The van der Waals surface area contributed by atoms with Crippen molar-refractivity contribution in [2.24, 2.45) is 0 Å². The number of hydrogen-bond acceptors (Lipinski definition) is 0. The Balaban J connectivity index is 2.40. The van der Waals surface area contributed by atoms with Gasteiger partial charge in [0, 0.05) is 5.88 Å². The van der Waals surface area contributed by atoms with Crippen LogP contribution in [-0.4, -0.2) is 0 Å². The highest BCUT2D eigenvalue weighted by Crippen LogP contribution is 2.31. The molecule has 0 saturated heterocycles. The minimum absolute atomic E-state index is 0.144. The molecule has 2 rings (SSSR count). The van der Waals surface area contributed by atoms with Crippen molar-refractivity contribution < 1.29 is 17.6 Å². The van der Waals surface area contributed by atoms with Crippen LogP contribution in [0.1, 0.15) is 11.1 Å². The second-order valence-electron chi connectivity index (χ2n) is 4.06. The standard InChI is InChI=1S/C14H9ClF4/c15-8-9-5-11(7-13(16)6-9)10-1-3-12(4-2-10)14(17,18)19/h1-7H,8H2. The van der Waals surface area contributed by atoms with E-state index in [0.717, 1.165) is 12.1 Å². The SMILES string of the molecule is Fc1cc(CCl)cc(-c2ccc(C(F)(F)F)cc2)c1. The Hall–Kier alpha value is -1.55. The predicted octanol–water partition coefficient (Wildman–Crippen LogP) is 5.25. The summed E-state index contributed by atoms with van der Waals surface area (Å²) < 4.78 is 50.6. The first-order valence-corrected chi connectivity index (χ1v) is 5.96. The van der Waals surface area contributed by atoms with Gasteiger partial charge in [-0.1, -0.05) is 12.1 Å². The van der Waals surface area contributed by atoms with E-state index in [2.05, 4.69) is 0 Å². The Kier molecular flexibility index (Phi) is 3.80. The summed E-state index contributed by atoms with van der Waals surface area (Å²) in [5.41, 5.74) is 0.866. The van der Waals surface area contributed by atoms with Gasteiger partial charge in [-0.25, -0.2) is 4.39 Å². The zero-order chi connectivity index (χ0) is 14.0. The van der Waals surface area contributed by atoms with Gasteiger partial charge in [0.1, 0.15) is 5.82 Å². The molecular formula is C14H9ClF4. The molecule has 0 heterocycles. The Morgan fingerprint density at radius 3 is 2.05 bits per heavy atom. The molecular weight excluding hydrogens is 280 g/mol. The van der Waals surface area contributed by atoms with Crippen molar-refractivity contribution in [2.75, 3.05) is 0 Å². The summed E-state index contributed by atoms with van der Waals surface area (Å²) in [5.74, 6) is -0.321. The van der Waals surface area contributed by atoms with Gasteiger partial charge >= 0.3 is 6.18 Å². The summed E-state index contributed by atoms with van der Waals surface area (Å²) in [6, 6.07) is 8.78. The van der Waals surface area contributed by atoms with Gasteiger partial charge in [-0.2, -0.15) is 13.2 Å². The molecule has 0 aliphatic heterocycles. The van der Waals surface area contributed by atoms with Crippen LogP contribution in [0.15, 0.2) is 42.5 Å². The fourth-order valence-electron chi connectivity index (χ4n) is 1.75. The van der Waals surface area contributed by atoms with Crippen LogP contribution in [0.5, 0.6) is 0 Å². The largest absolute Gasteiger partial charge is 0.416 e. The lowest BCUT2D eigenvalue weighted by Gasteiger charge is -2.08. The second-order valence-corrected chi connectivity index (χ2v) is 4.32. The smallest absolute Gasteiger partial charge is 0.207 e. The summed E-state index contributed by atoms with van der Waals surface area (Å²) >= 11 is 5.63. The minimum Gasteiger partial charge on any atom is -0.207 e. The van der Waals surface area contributed by atoms with Crippen LogP contribution in [0.2, 0.25) is 0 Å². The summed E-state index contributed by atoms with van der Waals surface area (Å²) in [6.45, 7) is 0. The average molecular weight is 289 g/mol. The number of halogens is 5. The molecule has 2 aromatic carbocycles. The van der Waals surface area contributed by atoms with E-state index in [-0.39, 0.29) is 5.88 Å². The van der Waals surface area contributed by atoms with Crippen molar-refractivity contribution in [3.05, 3.63) is 59.4 Å². The summed E-state index contributed by atoms with van der Waals surface area (Å²) in [4.78, 5) is 0. The first kappa shape index (κ1) is 13.9.